The number of aliphatic hydroxyl groups excluding tert-OH is 1. The molecule has 3 aromatic rings. The molecule has 6 nitrogen and oxygen atoms in total. The number of nitriles is 1. The molecule has 27 heavy (non-hydrogen) atoms. The number of aryl methyl sites for hydroxylation is 1. The van der Waals surface area contributed by atoms with E-state index in [-0.39, 0.29) is 13.2 Å². The highest BCUT2D eigenvalue weighted by atomic mass is 35.5. The zero-order valence-electron chi connectivity index (χ0n) is 14.6. The van der Waals surface area contributed by atoms with Crippen LogP contribution in [-0.2, 0) is 13.5 Å². The molecule has 0 fully saturated rings. The third-order valence-corrected chi connectivity index (χ3v) is 4.79. The summed E-state index contributed by atoms with van der Waals surface area (Å²) in [6, 6.07) is 12.8. The molecule has 2 aromatic carbocycles. The van der Waals surface area contributed by atoms with E-state index in [1.807, 2.05) is 23.7 Å². The summed E-state index contributed by atoms with van der Waals surface area (Å²) in [5, 5.41) is 22.8. The van der Waals surface area contributed by atoms with E-state index in [2.05, 4.69) is 16.4 Å². The van der Waals surface area contributed by atoms with Gasteiger partial charge in [-0.3, -0.25) is 0 Å². The Morgan fingerprint density at radius 1 is 1.26 bits per heavy atom. The summed E-state index contributed by atoms with van der Waals surface area (Å²) in [5.74, 6) is 1.24. The molecule has 0 radical (unpaired) electrons. The molecule has 1 heterocycles. The van der Waals surface area contributed by atoms with Crippen molar-refractivity contribution >= 4 is 40.2 Å². The van der Waals surface area contributed by atoms with Crippen molar-refractivity contribution in [2.75, 3.05) is 18.5 Å². The minimum Gasteiger partial charge on any atom is -0.491 e. The highest BCUT2D eigenvalue weighted by molar-refractivity contribution is 6.42. The van der Waals surface area contributed by atoms with Gasteiger partial charge in [0.05, 0.1) is 33.6 Å². The molecular formula is C19H18Cl2N4O2. The first-order valence-electron chi connectivity index (χ1n) is 8.30. The van der Waals surface area contributed by atoms with Crippen LogP contribution in [0.15, 0.2) is 36.4 Å². The van der Waals surface area contributed by atoms with Crippen molar-refractivity contribution in [3.05, 3.63) is 52.0 Å². The van der Waals surface area contributed by atoms with Gasteiger partial charge < -0.3 is 19.7 Å². The number of nitrogens with one attached hydrogen (secondary N) is 1. The van der Waals surface area contributed by atoms with Crippen LogP contribution >= 0.6 is 23.2 Å². The molecule has 0 saturated heterocycles. The number of hydrogen-bond donors (Lipinski definition) is 2. The molecule has 0 spiro atoms. The van der Waals surface area contributed by atoms with E-state index in [1.165, 1.54) is 0 Å². The predicted octanol–water partition coefficient (Wildman–Crippen LogP) is 3.80. The van der Waals surface area contributed by atoms with Crippen LogP contribution in [-0.4, -0.2) is 33.9 Å². The first-order chi connectivity index (χ1) is 13.0. The van der Waals surface area contributed by atoms with Gasteiger partial charge in [0.1, 0.15) is 18.5 Å². The number of anilines is 1. The molecule has 1 aromatic heterocycles. The van der Waals surface area contributed by atoms with Gasteiger partial charge in [0.15, 0.2) is 0 Å². The van der Waals surface area contributed by atoms with Crippen LogP contribution in [0, 0.1) is 11.3 Å². The van der Waals surface area contributed by atoms with E-state index in [0.717, 1.165) is 16.6 Å². The molecule has 2 N–H and O–H groups in total. The van der Waals surface area contributed by atoms with Crippen LogP contribution in [0.3, 0.4) is 0 Å². The van der Waals surface area contributed by atoms with Crippen molar-refractivity contribution in [2.24, 2.45) is 7.05 Å². The van der Waals surface area contributed by atoms with E-state index in [9.17, 15) is 5.11 Å². The van der Waals surface area contributed by atoms with Crippen molar-refractivity contribution in [3.63, 3.8) is 0 Å². The summed E-state index contributed by atoms with van der Waals surface area (Å²) < 4.78 is 7.42. The molecule has 8 heteroatoms. The number of benzene rings is 2. The van der Waals surface area contributed by atoms with Gasteiger partial charge in [-0.05, 0) is 29.8 Å². The molecule has 1 unspecified atom stereocenters. The third kappa shape index (κ3) is 4.64. The van der Waals surface area contributed by atoms with Gasteiger partial charge in [0.25, 0.3) is 0 Å². The zero-order chi connectivity index (χ0) is 19.4. The zero-order valence-corrected chi connectivity index (χ0v) is 16.1. The van der Waals surface area contributed by atoms with Crippen molar-refractivity contribution < 1.29 is 9.84 Å². The Balaban J connectivity index is 1.56. The molecule has 3 rings (SSSR count). The fraction of sp³-hybridized carbons (Fsp3) is 0.263. The van der Waals surface area contributed by atoms with Gasteiger partial charge in [-0.2, -0.15) is 5.26 Å². The Hall–Kier alpha value is -2.46. The van der Waals surface area contributed by atoms with Crippen LogP contribution in [0.1, 0.15) is 5.56 Å². The number of imidazole rings is 1. The van der Waals surface area contributed by atoms with Gasteiger partial charge in [-0.15, -0.1) is 0 Å². The topological polar surface area (TPSA) is 83.1 Å². The third-order valence-electron chi connectivity index (χ3n) is 4.07. The number of fused-ring (bicyclic) bond motifs is 1. The number of hydrogen-bond acceptors (Lipinski definition) is 5. The summed E-state index contributed by atoms with van der Waals surface area (Å²) in [6.07, 6.45) is -0.364. The van der Waals surface area contributed by atoms with Gasteiger partial charge in [0, 0.05) is 13.6 Å². The van der Waals surface area contributed by atoms with E-state index in [4.69, 9.17) is 33.2 Å². The van der Waals surface area contributed by atoms with Crippen LogP contribution in [0.25, 0.3) is 11.0 Å². The summed E-state index contributed by atoms with van der Waals surface area (Å²) in [6.45, 7) is 0.400. The normalized spacial score (nSPS) is 12.0. The lowest BCUT2D eigenvalue weighted by Crippen LogP contribution is -2.27. The summed E-state index contributed by atoms with van der Waals surface area (Å²) in [4.78, 5) is 4.46. The maximum atomic E-state index is 10.2. The van der Waals surface area contributed by atoms with Gasteiger partial charge in [0.2, 0.25) is 5.95 Å². The smallest absolute Gasteiger partial charge is 0.203 e. The molecule has 0 aliphatic rings. The Bertz CT molecular complexity index is 980. The number of ether oxygens (including phenoxy) is 1. The largest absolute Gasteiger partial charge is 0.491 e. The minimum absolute atomic E-state index is 0.131. The van der Waals surface area contributed by atoms with Crippen molar-refractivity contribution in [1.82, 2.24) is 9.55 Å². The fourth-order valence-electron chi connectivity index (χ4n) is 2.60. The molecular weight excluding hydrogens is 387 g/mol. The van der Waals surface area contributed by atoms with E-state index >= 15 is 0 Å². The van der Waals surface area contributed by atoms with Gasteiger partial charge in [-0.25, -0.2) is 4.98 Å². The number of aliphatic hydroxyl groups is 1. The lowest BCUT2D eigenvalue weighted by Gasteiger charge is -2.14. The van der Waals surface area contributed by atoms with E-state index in [0.29, 0.717) is 28.2 Å². The summed E-state index contributed by atoms with van der Waals surface area (Å²) >= 11 is 12.1. The Kier molecular flexibility index (Phi) is 6.07. The quantitative estimate of drug-likeness (QED) is 0.625. The van der Waals surface area contributed by atoms with Crippen LogP contribution in [0.5, 0.6) is 5.75 Å². The predicted molar refractivity (Wildman–Crippen MR) is 106 cm³/mol. The van der Waals surface area contributed by atoms with Crippen LogP contribution in [0.4, 0.5) is 5.95 Å². The molecule has 0 aliphatic carbocycles. The maximum absolute atomic E-state index is 10.2. The molecule has 1 atom stereocenters. The number of aromatic nitrogens is 2. The fourth-order valence-corrected chi connectivity index (χ4v) is 2.92. The van der Waals surface area contributed by atoms with Gasteiger partial charge >= 0.3 is 0 Å². The first-order valence-corrected chi connectivity index (χ1v) is 9.05. The van der Waals surface area contributed by atoms with Gasteiger partial charge in [-0.1, -0.05) is 35.3 Å². The number of halogens is 2. The summed E-state index contributed by atoms with van der Waals surface area (Å²) in [7, 11) is 1.85. The Morgan fingerprint density at radius 2 is 1.96 bits per heavy atom. The Morgan fingerprint density at radius 3 is 2.67 bits per heavy atom. The van der Waals surface area contributed by atoms with E-state index in [1.54, 1.807) is 24.3 Å². The molecule has 0 bridgehead atoms. The monoisotopic (exact) mass is 404 g/mol. The lowest BCUT2D eigenvalue weighted by atomic mass is 10.2. The molecule has 0 aliphatic heterocycles. The second-order valence-electron chi connectivity index (χ2n) is 6.07. The second kappa shape index (κ2) is 8.49. The number of rotatable bonds is 7. The van der Waals surface area contributed by atoms with Crippen molar-refractivity contribution in [1.29, 1.82) is 5.26 Å². The first kappa shape index (κ1) is 19.3. The average Bonchev–Trinajstić information content (AvgIpc) is 2.95. The number of nitrogens with zero attached hydrogens (tertiary/aromatic N) is 3. The van der Waals surface area contributed by atoms with E-state index < -0.39 is 6.10 Å². The lowest BCUT2D eigenvalue weighted by molar-refractivity contribution is 0.117. The Labute approximate surface area is 166 Å². The minimum atomic E-state index is -0.726. The van der Waals surface area contributed by atoms with Crippen LogP contribution in [0.2, 0.25) is 10.0 Å². The maximum Gasteiger partial charge on any atom is 0.203 e. The van der Waals surface area contributed by atoms with Crippen molar-refractivity contribution in [2.45, 2.75) is 12.5 Å². The van der Waals surface area contributed by atoms with Crippen LogP contribution < -0.4 is 10.1 Å². The average molecular weight is 405 g/mol. The summed E-state index contributed by atoms with van der Waals surface area (Å²) in [5.41, 5.74) is 2.49. The molecule has 0 saturated carbocycles. The highest BCUT2D eigenvalue weighted by Gasteiger charge is 2.12. The molecule has 140 valence electrons. The standard InChI is InChI=1S/C19H18Cl2N4O2/c1-25-18-9-16(21)15(20)8-17(18)24-19(25)23-10-13(26)11-27-14-4-2-12(3-5-14)6-7-22/h2-5,8-9,13,26H,6,10-11H2,1H3,(H,23,24). The highest BCUT2D eigenvalue weighted by Crippen LogP contribution is 2.29. The van der Waals surface area contributed by atoms with Crippen molar-refractivity contribution in [3.8, 4) is 11.8 Å². The SMILES string of the molecule is Cn1c(NCC(O)COc2ccc(CC#N)cc2)nc2cc(Cl)c(Cl)cc21. The second-order valence-corrected chi connectivity index (χ2v) is 6.89. The molecule has 0 amide bonds.